The van der Waals surface area contributed by atoms with Crippen LogP contribution >= 0.6 is 0 Å². The van der Waals surface area contributed by atoms with Crippen molar-refractivity contribution < 1.29 is 9.47 Å². The molecule has 5 nitrogen and oxygen atoms in total. The van der Waals surface area contributed by atoms with Gasteiger partial charge in [-0.05, 0) is 30.9 Å². The van der Waals surface area contributed by atoms with Crippen LogP contribution in [-0.4, -0.2) is 37.3 Å². The zero-order valence-electron chi connectivity index (χ0n) is 12.8. The fraction of sp³-hybridized carbons (Fsp3) is 0.500. The molecule has 0 aliphatic carbocycles. The van der Waals surface area contributed by atoms with Crippen molar-refractivity contribution in [1.82, 2.24) is 9.97 Å². The van der Waals surface area contributed by atoms with Crippen LogP contribution in [0.2, 0.25) is 0 Å². The molecule has 1 unspecified atom stereocenters. The molecule has 0 radical (unpaired) electrons. The molecule has 1 fully saturated rings. The van der Waals surface area contributed by atoms with Gasteiger partial charge in [0.2, 0.25) is 0 Å². The van der Waals surface area contributed by atoms with E-state index in [-0.39, 0.29) is 0 Å². The molecule has 112 valence electrons. The van der Waals surface area contributed by atoms with Gasteiger partial charge in [-0.1, -0.05) is 6.92 Å². The molecule has 1 aromatic heterocycles. The Balaban J connectivity index is 2.12. The van der Waals surface area contributed by atoms with Crippen LogP contribution in [0.1, 0.15) is 19.8 Å². The van der Waals surface area contributed by atoms with E-state index in [4.69, 9.17) is 9.47 Å². The van der Waals surface area contributed by atoms with Crippen molar-refractivity contribution in [2.24, 2.45) is 5.92 Å². The molecule has 0 amide bonds. The Morgan fingerprint density at radius 3 is 2.76 bits per heavy atom. The number of aromatic nitrogens is 2. The first kappa shape index (κ1) is 13.9. The second kappa shape index (κ2) is 5.76. The summed E-state index contributed by atoms with van der Waals surface area (Å²) in [4.78, 5) is 11.3. The van der Waals surface area contributed by atoms with Crippen molar-refractivity contribution in [3.63, 3.8) is 0 Å². The Morgan fingerprint density at radius 2 is 2.05 bits per heavy atom. The molecular weight excluding hydrogens is 266 g/mol. The van der Waals surface area contributed by atoms with Crippen LogP contribution in [0.5, 0.6) is 11.5 Å². The number of benzene rings is 1. The van der Waals surface area contributed by atoms with Gasteiger partial charge in [-0.2, -0.15) is 0 Å². The van der Waals surface area contributed by atoms with Crippen molar-refractivity contribution in [3.8, 4) is 11.5 Å². The van der Waals surface area contributed by atoms with E-state index in [2.05, 4.69) is 21.8 Å². The minimum Gasteiger partial charge on any atom is -0.493 e. The molecule has 1 aliphatic rings. The van der Waals surface area contributed by atoms with Gasteiger partial charge in [0.1, 0.15) is 17.7 Å². The third kappa shape index (κ3) is 2.48. The highest BCUT2D eigenvalue weighted by Gasteiger charge is 2.21. The number of nitrogens with zero attached hydrogens (tertiary/aromatic N) is 3. The maximum absolute atomic E-state index is 5.48. The molecular formula is C16H21N3O2. The molecule has 3 rings (SSSR count). The SMILES string of the molecule is COc1ccc2c(N3CCCC(C)C3)ncnc2c1OC. The molecule has 21 heavy (non-hydrogen) atoms. The Labute approximate surface area is 124 Å². The van der Waals surface area contributed by atoms with Crippen LogP contribution in [0, 0.1) is 5.92 Å². The minimum absolute atomic E-state index is 0.670. The lowest BCUT2D eigenvalue weighted by Crippen LogP contribution is -2.35. The summed E-state index contributed by atoms with van der Waals surface area (Å²) in [5.41, 5.74) is 0.806. The molecule has 1 aromatic carbocycles. The standard InChI is InChI=1S/C16H21N3O2/c1-11-5-4-8-19(9-11)16-12-6-7-13(20-2)15(21-3)14(12)17-10-18-16/h6-7,10-11H,4-5,8-9H2,1-3H3. The number of ether oxygens (including phenoxy) is 2. The molecule has 5 heteroatoms. The van der Waals surface area contributed by atoms with Gasteiger partial charge in [0.25, 0.3) is 0 Å². The Morgan fingerprint density at radius 1 is 1.19 bits per heavy atom. The average Bonchev–Trinajstić information content (AvgIpc) is 2.53. The van der Waals surface area contributed by atoms with Crippen LogP contribution in [-0.2, 0) is 0 Å². The topological polar surface area (TPSA) is 47.5 Å². The highest BCUT2D eigenvalue weighted by Crippen LogP contribution is 2.37. The van der Waals surface area contributed by atoms with E-state index in [0.29, 0.717) is 17.4 Å². The predicted octanol–water partition coefficient (Wildman–Crippen LogP) is 2.88. The van der Waals surface area contributed by atoms with E-state index in [1.807, 2.05) is 12.1 Å². The first-order valence-corrected chi connectivity index (χ1v) is 7.35. The summed E-state index contributed by atoms with van der Waals surface area (Å²) in [5, 5.41) is 1.02. The van der Waals surface area contributed by atoms with Crippen LogP contribution in [0.15, 0.2) is 18.5 Å². The van der Waals surface area contributed by atoms with E-state index in [0.717, 1.165) is 29.8 Å². The summed E-state index contributed by atoms with van der Waals surface area (Å²) in [6, 6.07) is 3.94. The van der Waals surface area contributed by atoms with Crippen LogP contribution in [0.4, 0.5) is 5.82 Å². The Hall–Kier alpha value is -2.04. The normalized spacial score (nSPS) is 18.8. The van der Waals surface area contributed by atoms with Crippen LogP contribution in [0.25, 0.3) is 10.9 Å². The summed E-state index contributed by atoms with van der Waals surface area (Å²) in [7, 11) is 3.28. The summed E-state index contributed by atoms with van der Waals surface area (Å²) in [6.45, 7) is 4.38. The molecule has 0 saturated carbocycles. The zero-order valence-corrected chi connectivity index (χ0v) is 12.8. The lowest BCUT2D eigenvalue weighted by Gasteiger charge is -2.32. The number of methoxy groups -OCH3 is 2. The second-order valence-electron chi connectivity index (χ2n) is 5.59. The molecule has 0 N–H and O–H groups in total. The fourth-order valence-electron chi connectivity index (χ4n) is 3.06. The highest BCUT2D eigenvalue weighted by molar-refractivity contribution is 5.95. The largest absolute Gasteiger partial charge is 0.493 e. The van der Waals surface area contributed by atoms with Gasteiger partial charge in [0.05, 0.1) is 14.2 Å². The molecule has 2 aromatic rings. The number of rotatable bonds is 3. The maximum Gasteiger partial charge on any atom is 0.187 e. The quantitative estimate of drug-likeness (QED) is 0.868. The Kier molecular flexibility index (Phi) is 3.82. The Bertz CT molecular complexity index is 645. The van der Waals surface area contributed by atoms with Crippen LogP contribution in [0.3, 0.4) is 0 Å². The third-order valence-corrected chi connectivity index (χ3v) is 4.08. The van der Waals surface area contributed by atoms with Crippen molar-refractivity contribution in [3.05, 3.63) is 18.5 Å². The van der Waals surface area contributed by atoms with Gasteiger partial charge in [-0.3, -0.25) is 0 Å². The number of hydrogen-bond donors (Lipinski definition) is 0. The molecule has 1 atom stereocenters. The lowest BCUT2D eigenvalue weighted by atomic mass is 10.00. The van der Waals surface area contributed by atoms with Gasteiger partial charge in [0.15, 0.2) is 11.5 Å². The first-order chi connectivity index (χ1) is 10.2. The van der Waals surface area contributed by atoms with E-state index in [1.165, 1.54) is 12.8 Å². The lowest BCUT2D eigenvalue weighted by molar-refractivity contribution is 0.358. The fourth-order valence-corrected chi connectivity index (χ4v) is 3.06. The third-order valence-electron chi connectivity index (χ3n) is 4.08. The van der Waals surface area contributed by atoms with Crippen molar-refractivity contribution in [2.75, 3.05) is 32.2 Å². The molecule has 1 saturated heterocycles. The summed E-state index contributed by atoms with van der Waals surface area (Å²) < 4.78 is 10.8. The van der Waals surface area contributed by atoms with Gasteiger partial charge < -0.3 is 14.4 Å². The minimum atomic E-state index is 0.670. The number of fused-ring (bicyclic) bond motifs is 1. The summed E-state index contributed by atoms with van der Waals surface area (Å²) >= 11 is 0. The summed E-state index contributed by atoms with van der Waals surface area (Å²) in [5.74, 6) is 3.06. The van der Waals surface area contributed by atoms with E-state index < -0.39 is 0 Å². The molecule has 1 aliphatic heterocycles. The van der Waals surface area contributed by atoms with Gasteiger partial charge in [0, 0.05) is 18.5 Å². The van der Waals surface area contributed by atoms with Crippen LogP contribution < -0.4 is 14.4 Å². The van der Waals surface area contributed by atoms with E-state index >= 15 is 0 Å². The van der Waals surface area contributed by atoms with Crippen molar-refractivity contribution in [1.29, 1.82) is 0 Å². The first-order valence-electron chi connectivity index (χ1n) is 7.35. The number of piperidine rings is 1. The van der Waals surface area contributed by atoms with Crippen molar-refractivity contribution >= 4 is 16.7 Å². The highest BCUT2D eigenvalue weighted by atomic mass is 16.5. The van der Waals surface area contributed by atoms with E-state index in [1.54, 1.807) is 20.5 Å². The average molecular weight is 287 g/mol. The van der Waals surface area contributed by atoms with Gasteiger partial charge in [-0.15, -0.1) is 0 Å². The molecule has 0 bridgehead atoms. The molecule has 0 spiro atoms. The van der Waals surface area contributed by atoms with Gasteiger partial charge in [-0.25, -0.2) is 9.97 Å². The smallest absolute Gasteiger partial charge is 0.187 e. The zero-order chi connectivity index (χ0) is 14.8. The van der Waals surface area contributed by atoms with E-state index in [9.17, 15) is 0 Å². The second-order valence-corrected chi connectivity index (χ2v) is 5.59. The number of anilines is 1. The van der Waals surface area contributed by atoms with Crippen molar-refractivity contribution in [2.45, 2.75) is 19.8 Å². The summed E-state index contributed by atoms with van der Waals surface area (Å²) in [6.07, 6.45) is 4.11. The number of hydrogen-bond acceptors (Lipinski definition) is 5. The van der Waals surface area contributed by atoms with Gasteiger partial charge >= 0.3 is 0 Å². The molecule has 2 heterocycles. The predicted molar refractivity (Wildman–Crippen MR) is 83.3 cm³/mol. The maximum atomic E-state index is 5.48. The monoisotopic (exact) mass is 287 g/mol.